The molecule has 6 heteroatoms. The summed E-state index contributed by atoms with van der Waals surface area (Å²) in [6, 6.07) is 5.23. The van der Waals surface area contributed by atoms with E-state index in [-0.39, 0.29) is 18.2 Å². The fourth-order valence-corrected chi connectivity index (χ4v) is 1.86. The number of aromatic amines is 1. The summed E-state index contributed by atoms with van der Waals surface area (Å²) in [4.78, 5) is 14.9. The minimum atomic E-state index is -0.639. The zero-order valence-electron chi connectivity index (χ0n) is 10.8. The van der Waals surface area contributed by atoms with Crippen LogP contribution in [0, 0.1) is 10.8 Å². The van der Waals surface area contributed by atoms with E-state index in [1.165, 1.54) is 0 Å². The van der Waals surface area contributed by atoms with Gasteiger partial charge in [0.2, 0.25) is 5.91 Å². The van der Waals surface area contributed by atoms with E-state index in [1.54, 1.807) is 18.2 Å². The lowest BCUT2D eigenvalue weighted by Gasteiger charge is -2.13. The molecule has 0 aliphatic heterocycles. The Labute approximate surface area is 115 Å². The minimum Gasteiger partial charge on any atom is -0.429 e. The summed E-state index contributed by atoms with van der Waals surface area (Å²) in [5.74, 6) is -0.176. The predicted octanol–water partition coefficient (Wildman–Crippen LogP) is 2.84. The second kappa shape index (κ2) is 5.54. The first-order valence-electron chi connectivity index (χ1n) is 6.06. The summed E-state index contributed by atoms with van der Waals surface area (Å²) < 4.78 is 5.27. The maximum Gasteiger partial charge on any atom is 0.266 e. The van der Waals surface area contributed by atoms with Gasteiger partial charge in [0.25, 0.3) is 4.84 Å². The molecule has 2 aromatic rings. The molecular formula is C13H16N2O3S. The number of H-pyrrole nitrogens is 1. The molecule has 5 nitrogen and oxygen atoms in total. The van der Waals surface area contributed by atoms with E-state index in [0.29, 0.717) is 16.1 Å². The Bertz CT molecular complexity index is 645. The fourth-order valence-electron chi connectivity index (χ4n) is 1.66. The van der Waals surface area contributed by atoms with Crippen LogP contribution < -0.4 is 5.32 Å². The average molecular weight is 280 g/mol. The number of aromatic nitrogens is 1. The highest BCUT2D eigenvalue weighted by Crippen LogP contribution is 2.19. The molecule has 1 aromatic carbocycles. The summed E-state index contributed by atoms with van der Waals surface area (Å²) >= 11 is 4.89. The van der Waals surface area contributed by atoms with Crippen molar-refractivity contribution in [3.05, 3.63) is 23.0 Å². The molecule has 0 spiro atoms. The Morgan fingerprint density at radius 3 is 2.95 bits per heavy atom. The molecule has 1 atom stereocenters. The van der Waals surface area contributed by atoms with Crippen molar-refractivity contribution < 1.29 is 14.3 Å². The van der Waals surface area contributed by atoms with Crippen molar-refractivity contribution in [1.29, 1.82) is 0 Å². The molecule has 0 aliphatic rings. The first-order valence-corrected chi connectivity index (χ1v) is 6.47. The number of carbonyl (C=O) groups excluding carboxylic acids is 1. The van der Waals surface area contributed by atoms with E-state index in [2.05, 4.69) is 10.3 Å². The van der Waals surface area contributed by atoms with Gasteiger partial charge in [0.15, 0.2) is 5.58 Å². The van der Waals surface area contributed by atoms with Crippen molar-refractivity contribution in [1.82, 2.24) is 4.98 Å². The second-order valence-corrected chi connectivity index (χ2v) is 5.16. The molecule has 102 valence electrons. The molecule has 3 N–H and O–H groups in total. The number of aliphatic hydroxyl groups excluding tert-OH is 1. The molecule has 1 heterocycles. The predicted molar refractivity (Wildman–Crippen MR) is 75.5 cm³/mol. The number of oxazole rings is 1. The van der Waals surface area contributed by atoms with Crippen molar-refractivity contribution in [2.24, 2.45) is 5.92 Å². The SMILES string of the molecule is CC(C)C(O)CC(=O)Nc1ccc2[nH]c(=S)oc2c1. The highest BCUT2D eigenvalue weighted by atomic mass is 32.1. The lowest BCUT2D eigenvalue weighted by Crippen LogP contribution is -2.23. The molecule has 0 saturated heterocycles. The van der Waals surface area contributed by atoms with Gasteiger partial charge in [-0.05, 0) is 30.3 Å². The molecular weight excluding hydrogens is 264 g/mol. The number of nitrogens with one attached hydrogen (secondary N) is 2. The lowest BCUT2D eigenvalue weighted by molar-refractivity contribution is -0.118. The monoisotopic (exact) mass is 280 g/mol. The minimum absolute atomic E-state index is 0.0516. The smallest absolute Gasteiger partial charge is 0.266 e. The molecule has 0 saturated carbocycles. The normalized spacial score (nSPS) is 12.8. The van der Waals surface area contributed by atoms with Crippen LogP contribution in [0.3, 0.4) is 0 Å². The van der Waals surface area contributed by atoms with E-state index in [4.69, 9.17) is 16.6 Å². The van der Waals surface area contributed by atoms with Gasteiger partial charge in [0.1, 0.15) is 0 Å². The summed E-state index contributed by atoms with van der Waals surface area (Å²) in [6.07, 6.45) is -0.563. The molecule has 1 amide bonds. The molecule has 1 aromatic heterocycles. The molecule has 19 heavy (non-hydrogen) atoms. The number of hydrogen-bond acceptors (Lipinski definition) is 4. The van der Waals surface area contributed by atoms with Gasteiger partial charge in [-0.25, -0.2) is 0 Å². The Hall–Kier alpha value is -1.66. The third-order valence-corrected chi connectivity index (χ3v) is 3.05. The van der Waals surface area contributed by atoms with Crippen LogP contribution >= 0.6 is 12.2 Å². The molecule has 1 unspecified atom stereocenters. The molecule has 0 bridgehead atoms. The Morgan fingerprint density at radius 1 is 1.53 bits per heavy atom. The van der Waals surface area contributed by atoms with Gasteiger partial charge in [-0.3, -0.25) is 4.79 Å². The third-order valence-electron chi connectivity index (χ3n) is 2.87. The van der Waals surface area contributed by atoms with E-state index in [1.807, 2.05) is 13.8 Å². The van der Waals surface area contributed by atoms with Crippen molar-refractivity contribution in [2.75, 3.05) is 5.32 Å². The van der Waals surface area contributed by atoms with E-state index >= 15 is 0 Å². The number of rotatable bonds is 4. The summed E-state index contributed by atoms with van der Waals surface area (Å²) in [6.45, 7) is 3.74. The van der Waals surface area contributed by atoms with Gasteiger partial charge in [-0.15, -0.1) is 0 Å². The van der Waals surface area contributed by atoms with E-state index < -0.39 is 6.10 Å². The first-order chi connectivity index (χ1) is 8.95. The highest BCUT2D eigenvalue weighted by molar-refractivity contribution is 7.71. The van der Waals surface area contributed by atoms with Crippen LogP contribution in [0.25, 0.3) is 11.1 Å². The number of carbonyl (C=O) groups is 1. The van der Waals surface area contributed by atoms with Gasteiger partial charge >= 0.3 is 0 Å². The average Bonchev–Trinajstić information content (AvgIpc) is 2.68. The number of anilines is 1. The van der Waals surface area contributed by atoms with Crippen LogP contribution in [0.2, 0.25) is 0 Å². The van der Waals surface area contributed by atoms with Crippen molar-refractivity contribution >= 4 is 34.9 Å². The number of benzene rings is 1. The molecule has 0 fully saturated rings. The van der Waals surface area contributed by atoms with Crippen LogP contribution in [0.4, 0.5) is 5.69 Å². The number of amides is 1. The third kappa shape index (κ3) is 3.42. The zero-order chi connectivity index (χ0) is 14.0. The standard InChI is InChI=1S/C13H16N2O3S/c1-7(2)10(16)6-12(17)14-8-3-4-9-11(5-8)18-13(19)15-9/h3-5,7,10,16H,6H2,1-2H3,(H,14,17)(H,15,19). The van der Waals surface area contributed by atoms with Gasteiger partial charge in [0.05, 0.1) is 18.0 Å². The first kappa shape index (κ1) is 13.8. The fraction of sp³-hybridized carbons (Fsp3) is 0.385. The van der Waals surface area contributed by atoms with E-state index in [9.17, 15) is 9.90 Å². The zero-order valence-corrected chi connectivity index (χ0v) is 11.6. The van der Waals surface area contributed by atoms with Crippen LogP contribution in [0.15, 0.2) is 22.6 Å². The number of hydrogen-bond donors (Lipinski definition) is 3. The highest BCUT2D eigenvalue weighted by Gasteiger charge is 2.14. The van der Waals surface area contributed by atoms with Crippen LogP contribution in [-0.4, -0.2) is 22.1 Å². The van der Waals surface area contributed by atoms with Crippen LogP contribution in [0.1, 0.15) is 20.3 Å². The maximum atomic E-state index is 11.7. The van der Waals surface area contributed by atoms with Crippen LogP contribution in [0.5, 0.6) is 0 Å². The van der Waals surface area contributed by atoms with E-state index in [0.717, 1.165) is 5.52 Å². The number of fused-ring (bicyclic) bond motifs is 1. The van der Waals surface area contributed by atoms with Crippen molar-refractivity contribution in [3.63, 3.8) is 0 Å². The van der Waals surface area contributed by atoms with Crippen molar-refractivity contribution in [2.45, 2.75) is 26.4 Å². The largest absolute Gasteiger partial charge is 0.429 e. The maximum absolute atomic E-state index is 11.7. The van der Waals surface area contributed by atoms with Crippen LogP contribution in [-0.2, 0) is 4.79 Å². The Morgan fingerprint density at radius 2 is 2.26 bits per heavy atom. The van der Waals surface area contributed by atoms with Gasteiger partial charge in [0, 0.05) is 11.8 Å². The van der Waals surface area contributed by atoms with Gasteiger partial charge in [-0.2, -0.15) is 0 Å². The molecule has 0 aliphatic carbocycles. The summed E-state index contributed by atoms with van der Waals surface area (Å²) in [5.41, 5.74) is 1.99. The lowest BCUT2D eigenvalue weighted by atomic mass is 10.0. The molecule has 2 rings (SSSR count). The van der Waals surface area contributed by atoms with Crippen molar-refractivity contribution in [3.8, 4) is 0 Å². The second-order valence-electron chi connectivity index (χ2n) is 4.79. The quantitative estimate of drug-likeness (QED) is 0.752. The Balaban J connectivity index is 2.08. The summed E-state index contributed by atoms with van der Waals surface area (Å²) in [5, 5.41) is 12.4. The topological polar surface area (TPSA) is 78.3 Å². The Kier molecular flexibility index (Phi) is 4.01. The van der Waals surface area contributed by atoms with Gasteiger partial charge in [-0.1, -0.05) is 13.8 Å². The number of aliphatic hydroxyl groups is 1. The van der Waals surface area contributed by atoms with Gasteiger partial charge < -0.3 is 19.8 Å². The summed E-state index contributed by atoms with van der Waals surface area (Å²) in [7, 11) is 0. The molecule has 0 radical (unpaired) electrons.